The van der Waals surface area contributed by atoms with E-state index in [9.17, 15) is 9.59 Å². The average Bonchev–Trinajstić information content (AvgIpc) is 3.54. The van der Waals surface area contributed by atoms with Crippen LogP contribution in [0.2, 0.25) is 0 Å². The van der Waals surface area contributed by atoms with Crippen molar-refractivity contribution in [2.24, 2.45) is 0 Å². The van der Waals surface area contributed by atoms with Crippen LogP contribution in [0.3, 0.4) is 0 Å². The van der Waals surface area contributed by atoms with E-state index in [1.54, 1.807) is 0 Å². The van der Waals surface area contributed by atoms with Crippen LogP contribution in [0.25, 0.3) is 0 Å². The fourth-order valence-electron chi connectivity index (χ4n) is 4.23. The van der Waals surface area contributed by atoms with Gasteiger partial charge in [-0.15, -0.1) is 5.10 Å². The fraction of sp³-hybridized carbons (Fsp3) is 0.571. The Morgan fingerprint density at radius 3 is 2.57 bits per heavy atom. The number of amides is 2. The lowest BCUT2D eigenvalue weighted by Crippen LogP contribution is -2.49. The second-order valence-electron chi connectivity index (χ2n) is 7.98. The van der Waals surface area contributed by atoms with Gasteiger partial charge in [0.2, 0.25) is 17.0 Å². The van der Waals surface area contributed by atoms with Crippen LogP contribution in [0.15, 0.2) is 35.5 Å². The van der Waals surface area contributed by atoms with Crippen molar-refractivity contribution in [3.63, 3.8) is 0 Å². The molecular formula is C21H28N6O2S. The normalized spacial score (nSPS) is 17.9. The summed E-state index contributed by atoms with van der Waals surface area (Å²) in [6.07, 6.45) is 7.08. The number of thioether (sulfide) groups is 1. The molecule has 160 valence electrons. The first-order chi connectivity index (χ1) is 14.7. The number of nitrogens with one attached hydrogen (secondary N) is 1. The van der Waals surface area contributed by atoms with Crippen LogP contribution in [-0.4, -0.2) is 61.8 Å². The molecule has 30 heavy (non-hydrogen) atoms. The van der Waals surface area contributed by atoms with Gasteiger partial charge in [-0.3, -0.25) is 9.59 Å². The molecule has 2 heterocycles. The van der Waals surface area contributed by atoms with Crippen LogP contribution in [0.4, 0.5) is 0 Å². The Morgan fingerprint density at radius 2 is 1.83 bits per heavy atom. The number of nitrogens with zero attached hydrogens (tertiary/aromatic N) is 5. The number of hydrogen-bond acceptors (Lipinski definition) is 6. The number of aromatic nitrogens is 4. The predicted octanol–water partition coefficient (Wildman–Crippen LogP) is 2.23. The summed E-state index contributed by atoms with van der Waals surface area (Å²) in [7, 11) is 0. The zero-order valence-corrected chi connectivity index (χ0v) is 17.9. The third-order valence-corrected chi connectivity index (χ3v) is 6.73. The largest absolute Gasteiger partial charge is 0.343 e. The van der Waals surface area contributed by atoms with Crippen molar-refractivity contribution >= 4 is 23.6 Å². The van der Waals surface area contributed by atoms with Gasteiger partial charge in [-0.25, -0.2) is 4.68 Å². The lowest BCUT2D eigenvalue weighted by atomic mass is 10.0. The standard InChI is InChI=1S/C21H28N6O2S/c28-19(15-30-21-23-24-25-27(21)17-10-4-5-11-17)22-18(14-16-8-2-1-3-9-16)20(29)26-12-6-7-13-26/h1-3,8-9,17-18H,4-7,10-15H2,(H,22,28). The molecule has 2 fully saturated rings. The molecule has 2 aliphatic rings. The summed E-state index contributed by atoms with van der Waals surface area (Å²) >= 11 is 1.33. The molecule has 2 aromatic rings. The minimum absolute atomic E-state index is 0.00509. The molecule has 1 aromatic heterocycles. The molecule has 1 unspecified atom stereocenters. The van der Waals surface area contributed by atoms with Crippen molar-refractivity contribution in [1.29, 1.82) is 0 Å². The minimum Gasteiger partial charge on any atom is -0.343 e. The highest BCUT2D eigenvalue weighted by Crippen LogP contribution is 2.31. The van der Waals surface area contributed by atoms with E-state index in [0.29, 0.717) is 17.6 Å². The smallest absolute Gasteiger partial charge is 0.245 e. The predicted molar refractivity (Wildman–Crippen MR) is 114 cm³/mol. The van der Waals surface area contributed by atoms with Crippen molar-refractivity contribution in [2.45, 2.75) is 62.2 Å². The molecule has 4 rings (SSSR count). The zero-order chi connectivity index (χ0) is 20.8. The Bertz CT molecular complexity index is 846. The van der Waals surface area contributed by atoms with E-state index in [-0.39, 0.29) is 17.6 Å². The Labute approximate surface area is 180 Å². The molecule has 0 bridgehead atoms. The first-order valence-electron chi connectivity index (χ1n) is 10.7. The molecule has 1 N–H and O–H groups in total. The molecule has 0 spiro atoms. The average molecular weight is 429 g/mol. The maximum Gasteiger partial charge on any atom is 0.245 e. The zero-order valence-electron chi connectivity index (χ0n) is 17.1. The van der Waals surface area contributed by atoms with Gasteiger partial charge in [0.05, 0.1) is 11.8 Å². The van der Waals surface area contributed by atoms with Crippen molar-refractivity contribution in [2.75, 3.05) is 18.8 Å². The van der Waals surface area contributed by atoms with Crippen molar-refractivity contribution in [3.05, 3.63) is 35.9 Å². The summed E-state index contributed by atoms with van der Waals surface area (Å²) in [5, 5.41) is 15.6. The highest BCUT2D eigenvalue weighted by molar-refractivity contribution is 7.99. The molecule has 1 saturated carbocycles. The van der Waals surface area contributed by atoms with Gasteiger partial charge in [-0.1, -0.05) is 54.9 Å². The Morgan fingerprint density at radius 1 is 1.10 bits per heavy atom. The van der Waals surface area contributed by atoms with Crippen LogP contribution in [-0.2, 0) is 16.0 Å². The van der Waals surface area contributed by atoms with E-state index in [2.05, 4.69) is 20.8 Å². The van der Waals surface area contributed by atoms with Crippen LogP contribution >= 0.6 is 11.8 Å². The lowest BCUT2D eigenvalue weighted by Gasteiger charge is -2.24. The van der Waals surface area contributed by atoms with E-state index in [0.717, 1.165) is 44.3 Å². The maximum atomic E-state index is 13.0. The number of benzene rings is 1. The first kappa shape index (κ1) is 20.8. The van der Waals surface area contributed by atoms with E-state index in [4.69, 9.17) is 0 Å². The van der Waals surface area contributed by atoms with Gasteiger partial charge in [-0.2, -0.15) is 0 Å². The first-order valence-corrected chi connectivity index (χ1v) is 11.7. The van der Waals surface area contributed by atoms with Crippen LogP contribution < -0.4 is 5.32 Å². The SMILES string of the molecule is O=C(CSc1nnnn1C1CCCC1)NC(Cc1ccccc1)C(=O)N1CCCC1. The molecule has 2 amide bonds. The summed E-state index contributed by atoms with van der Waals surface area (Å²) in [5.41, 5.74) is 1.04. The molecule has 9 heteroatoms. The van der Waals surface area contributed by atoms with Gasteiger partial charge in [0.25, 0.3) is 0 Å². The number of tetrazole rings is 1. The highest BCUT2D eigenvalue weighted by Gasteiger charge is 2.28. The molecular weight excluding hydrogens is 400 g/mol. The van der Waals surface area contributed by atoms with Gasteiger partial charge >= 0.3 is 0 Å². The summed E-state index contributed by atoms with van der Waals surface area (Å²) in [4.78, 5) is 27.6. The van der Waals surface area contributed by atoms with E-state index < -0.39 is 6.04 Å². The van der Waals surface area contributed by atoms with Crippen LogP contribution in [0, 0.1) is 0 Å². The molecule has 1 aliphatic heterocycles. The van der Waals surface area contributed by atoms with Crippen LogP contribution in [0.1, 0.15) is 50.1 Å². The number of likely N-dealkylation sites (tertiary alicyclic amines) is 1. The van der Waals surface area contributed by atoms with Gasteiger partial charge in [0, 0.05) is 19.5 Å². The Kier molecular flexibility index (Phi) is 6.99. The molecule has 1 aromatic carbocycles. The molecule has 1 saturated heterocycles. The summed E-state index contributed by atoms with van der Waals surface area (Å²) in [6, 6.07) is 9.60. The van der Waals surface area contributed by atoms with Gasteiger partial charge in [-0.05, 0) is 41.7 Å². The van der Waals surface area contributed by atoms with Crippen LogP contribution in [0.5, 0.6) is 0 Å². The lowest BCUT2D eigenvalue weighted by molar-refractivity contribution is -0.135. The molecule has 0 radical (unpaired) electrons. The van der Waals surface area contributed by atoms with Gasteiger partial charge < -0.3 is 10.2 Å². The van der Waals surface area contributed by atoms with Gasteiger partial charge in [0.1, 0.15) is 6.04 Å². The van der Waals surface area contributed by atoms with Crippen molar-refractivity contribution in [3.8, 4) is 0 Å². The Balaban J connectivity index is 1.37. The Hall–Kier alpha value is -2.42. The monoisotopic (exact) mass is 428 g/mol. The third kappa shape index (κ3) is 5.19. The second-order valence-corrected chi connectivity index (χ2v) is 8.92. The minimum atomic E-state index is -0.551. The topological polar surface area (TPSA) is 93.0 Å². The van der Waals surface area contributed by atoms with Crippen molar-refractivity contribution in [1.82, 2.24) is 30.4 Å². The molecule has 1 aliphatic carbocycles. The van der Waals surface area contributed by atoms with E-state index >= 15 is 0 Å². The van der Waals surface area contributed by atoms with Gasteiger partial charge in [0.15, 0.2) is 0 Å². The quantitative estimate of drug-likeness (QED) is 0.648. The summed E-state index contributed by atoms with van der Waals surface area (Å²) < 4.78 is 1.85. The number of hydrogen-bond donors (Lipinski definition) is 1. The summed E-state index contributed by atoms with van der Waals surface area (Å²) in [6.45, 7) is 1.54. The number of carbonyl (C=O) groups excluding carboxylic acids is 2. The molecule has 8 nitrogen and oxygen atoms in total. The highest BCUT2D eigenvalue weighted by atomic mass is 32.2. The molecule has 1 atom stereocenters. The number of rotatable bonds is 8. The number of carbonyl (C=O) groups is 2. The third-order valence-electron chi connectivity index (χ3n) is 5.80. The fourth-order valence-corrected chi connectivity index (χ4v) is 4.99. The van der Waals surface area contributed by atoms with E-state index in [1.165, 1.54) is 24.6 Å². The summed E-state index contributed by atoms with van der Waals surface area (Å²) in [5.74, 6) is 0.0195. The second kappa shape index (κ2) is 10.1. The maximum absolute atomic E-state index is 13.0. The van der Waals surface area contributed by atoms with Crippen molar-refractivity contribution < 1.29 is 9.59 Å². The van der Waals surface area contributed by atoms with E-state index in [1.807, 2.05) is 39.9 Å².